The molecule has 1 aliphatic heterocycles. The van der Waals surface area contributed by atoms with Gasteiger partial charge in [0.2, 0.25) is 5.43 Å². The molecule has 70 valence electrons. The Kier molecular flexibility index (Phi) is 1.36. The lowest BCUT2D eigenvalue weighted by Gasteiger charge is -2.18. The number of hydrogen-bond acceptors (Lipinski definition) is 3. The molecule has 0 fully saturated rings. The van der Waals surface area contributed by atoms with Crippen molar-refractivity contribution in [1.82, 2.24) is 19.3 Å². The maximum atomic E-state index is 11.2. The monoisotopic (exact) mass is 188 g/mol. The fraction of sp³-hybridized carbons (Fsp3) is 0.222. The summed E-state index contributed by atoms with van der Waals surface area (Å²) in [6.45, 7) is 1.65. The SMILES string of the molecule is O=c1cnn2c(c1)-c1nccn1CC2. The van der Waals surface area contributed by atoms with Crippen LogP contribution in [0.25, 0.3) is 11.5 Å². The van der Waals surface area contributed by atoms with Gasteiger partial charge in [0, 0.05) is 25.0 Å². The molecule has 0 bridgehead atoms. The molecule has 0 N–H and O–H groups in total. The van der Waals surface area contributed by atoms with Gasteiger partial charge in [-0.05, 0) is 0 Å². The summed E-state index contributed by atoms with van der Waals surface area (Å²) in [6.07, 6.45) is 4.99. The third-order valence-electron chi connectivity index (χ3n) is 2.38. The molecule has 3 rings (SSSR count). The van der Waals surface area contributed by atoms with Crippen molar-refractivity contribution in [2.45, 2.75) is 13.1 Å². The molecule has 0 spiro atoms. The zero-order valence-corrected chi connectivity index (χ0v) is 7.42. The third kappa shape index (κ3) is 0.921. The highest BCUT2D eigenvalue weighted by atomic mass is 16.1. The Morgan fingerprint density at radius 1 is 1.36 bits per heavy atom. The van der Waals surface area contributed by atoms with Crippen LogP contribution in [0, 0.1) is 0 Å². The van der Waals surface area contributed by atoms with E-state index in [9.17, 15) is 4.79 Å². The number of imidazole rings is 1. The standard InChI is InChI=1S/C9H8N4O/c14-7-5-8-9-10-1-2-12(9)3-4-13(8)11-6-7/h1-2,5-6H,3-4H2. The largest absolute Gasteiger partial charge is 0.328 e. The van der Waals surface area contributed by atoms with Crippen LogP contribution in [0.2, 0.25) is 0 Å². The average molecular weight is 188 g/mol. The Hall–Kier alpha value is -1.91. The molecule has 2 aromatic rings. The summed E-state index contributed by atoms with van der Waals surface area (Å²) in [6, 6.07) is 1.57. The lowest BCUT2D eigenvalue weighted by atomic mass is 10.3. The molecule has 0 saturated heterocycles. The molecule has 14 heavy (non-hydrogen) atoms. The van der Waals surface area contributed by atoms with Crippen molar-refractivity contribution in [2.75, 3.05) is 0 Å². The van der Waals surface area contributed by atoms with Crippen molar-refractivity contribution in [2.24, 2.45) is 0 Å². The van der Waals surface area contributed by atoms with Crippen molar-refractivity contribution in [3.8, 4) is 11.5 Å². The third-order valence-corrected chi connectivity index (χ3v) is 2.38. The van der Waals surface area contributed by atoms with Crippen LogP contribution >= 0.6 is 0 Å². The van der Waals surface area contributed by atoms with Gasteiger partial charge in [0.15, 0.2) is 5.82 Å². The van der Waals surface area contributed by atoms with Gasteiger partial charge in [0.25, 0.3) is 0 Å². The summed E-state index contributed by atoms with van der Waals surface area (Å²) >= 11 is 0. The number of aryl methyl sites for hydroxylation is 2. The summed E-state index contributed by atoms with van der Waals surface area (Å²) in [5.74, 6) is 0.821. The zero-order valence-electron chi connectivity index (χ0n) is 7.42. The van der Waals surface area contributed by atoms with Gasteiger partial charge in [-0.25, -0.2) is 4.98 Å². The minimum Gasteiger partial charge on any atom is -0.328 e. The Labute approximate surface area is 79.6 Å². The Morgan fingerprint density at radius 3 is 3.21 bits per heavy atom. The predicted octanol–water partition coefficient (Wildman–Crippen LogP) is 0.120. The molecule has 5 heteroatoms. The second-order valence-corrected chi connectivity index (χ2v) is 3.24. The maximum Gasteiger partial charge on any atom is 0.200 e. The number of hydrogen-bond donors (Lipinski definition) is 0. The molecular weight excluding hydrogens is 180 g/mol. The molecule has 0 aromatic carbocycles. The number of fused-ring (bicyclic) bond motifs is 3. The fourth-order valence-corrected chi connectivity index (χ4v) is 1.72. The molecule has 0 aliphatic carbocycles. The van der Waals surface area contributed by atoms with E-state index in [1.165, 1.54) is 6.20 Å². The van der Waals surface area contributed by atoms with Crippen LogP contribution in [0.4, 0.5) is 0 Å². The van der Waals surface area contributed by atoms with Crippen LogP contribution in [0.15, 0.2) is 29.5 Å². The van der Waals surface area contributed by atoms with Gasteiger partial charge >= 0.3 is 0 Å². The molecule has 0 unspecified atom stereocenters. The first-order chi connectivity index (χ1) is 6.84. The normalized spacial score (nSPS) is 13.4. The first-order valence-electron chi connectivity index (χ1n) is 4.43. The van der Waals surface area contributed by atoms with Crippen LogP contribution in [-0.4, -0.2) is 19.3 Å². The minimum absolute atomic E-state index is 0.0762. The van der Waals surface area contributed by atoms with Gasteiger partial charge < -0.3 is 4.57 Å². The van der Waals surface area contributed by atoms with Gasteiger partial charge in [0.05, 0.1) is 12.7 Å². The number of aromatic nitrogens is 4. The van der Waals surface area contributed by atoms with E-state index in [4.69, 9.17) is 0 Å². The molecule has 0 radical (unpaired) electrons. The molecule has 0 saturated carbocycles. The summed E-state index contributed by atoms with van der Waals surface area (Å²) in [7, 11) is 0. The minimum atomic E-state index is -0.0762. The Morgan fingerprint density at radius 2 is 2.29 bits per heavy atom. The zero-order chi connectivity index (χ0) is 9.54. The highest BCUT2D eigenvalue weighted by Gasteiger charge is 2.15. The number of nitrogens with zero attached hydrogens (tertiary/aromatic N) is 4. The Balaban J connectivity index is 2.34. The van der Waals surface area contributed by atoms with Crippen molar-refractivity contribution >= 4 is 0 Å². The highest BCUT2D eigenvalue weighted by Crippen LogP contribution is 2.18. The topological polar surface area (TPSA) is 52.7 Å². The van der Waals surface area contributed by atoms with Gasteiger partial charge in [-0.3, -0.25) is 9.48 Å². The molecule has 0 amide bonds. The van der Waals surface area contributed by atoms with Crippen LogP contribution < -0.4 is 5.43 Å². The molecule has 0 atom stereocenters. The van der Waals surface area contributed by atoms with Crippen molar-refractivity contribution < 1.29 is 0 Å². The van der Waals surface area contributed by atoms with Gasteiger partial charge in [-0.1, -0.05) is 0 Å². The van der Waals surface area contributed by atoms with Crippen LogP contribution in [0.1, 0.15) is 0 Å². The van der Waals surface area contributed by atoms with Crippen molar-refractivity contribution in [3.05, 3.63) is 34.9 Å². The van der Waals surface area contributed by atoms with Crippen molar-refractivity contribution in [3.63, 3.8) is 0 Å². The second kappa shape index (κ2) is 2.54. The lowest BCUT2D eigenvalue weighted by Crippen LogP contribution is -2.22. The van der Waals surface area contributed by atoms with E-state index in [0.29, 0.717) is 0 Å². The molecule has 3 heterocycles. The maximum absolute atomic E-state index is 11.2. The van der Waals surface area contributed by atoms with Crippen LogP contribution in [0.3, 0.4) is 0 Å². The average Bonchev–Trinajstić information content (AvgIpc) is 2.65. The summed E-state index contributed by atoms with van der Waals surface area (Å²) in [4.78, 5) is 15.4. The van der Waals surface area contributed by atoms with Gasteiger partial charge in [-0.2, -0.15) is 5.10 Å². The first-order valence-corrected chi connectivity index (χ1v) is 4.43. The van der Waals surface area contributed by atoms with E-state index < -0.39 is 0 Å². The van der Waals surface area contributed by atoms with E-state index in [-0.39, 0.29) is 5.43 Å². The van der Waals surface area contributed by atoms with Crippen LogP contribution in [0.5, 0.6) is 0 Å². The highest BCUT2D eigenvalue weighted by molar-refractivity contribution is 5.50. The van der Waals surface area contributed by atoms with Gasteiger partial charge in [-0.15, -0.1) is 0 Å². The summed E-state index contributed by atoms with van der Waals surface area (Å²) in [5.41, 5.74) is 0.724. The van der Waals surface area contributed by atoms with E-state index in [2.05, 4.69) is 10.1 Å². The summed E-state index contributed by atoms with van der Waals surface area (Å²) < 4.78 is 3.83. The van der Waals surface area contributed by atoms with Gasteiger partial charge in [0.1, 0.15) is 5.69 Å². The molecule has 5 nitrogen and oxygen atoms in total. The quantitative estimate of drug-likeness (QED) is 0.590. The first kappa shape index (κ1) is 7.49. The second-order valence-electron chi connectivity index (χ2n) is 3.24. The summed E-state index contributed by atoms with van der Waals surface area (Å²) in [5, 5.41) is 4.05. The Bertz CT molecular complexity index is 540. The molecular formula is C9H8N4O. The van der Waals surface area contributed by atoms with E-state index in [0.717, 1.165) is 24.6 Å². The smallest absolute Gasteiger partial charge is 0.200 e. The molecule has 1 aliphatic rings. The van der Waals surface area contributed by atoms with Crippen molar-refractivity contribution in [1.29, 1.82) is 0 Å². The lowest BCUT2D eigenvalue weighted by molar-refractivity contribution is 0.500. The van der Waals surface area contributed by atoms with E-state index in [1.54, 1.807) is 12.3 Å². The number of rotatable bonds is 0. The fourth-order valence-electron chi connectivity index (χ4n) is 1.72. The van der Waals surface area contributed by atoms with Crippen LogP contribution in [-0.2, 0) is 13.1 Å². The molecule has 2 aromatic heterocycles. The predicted molar refractivity (Wildman–Crippen MR) is 49.7 cm³/mol. The van der Waals surface area contributed by atoms with E-state index >= 15 is 0 Å². The van der Waals surface area contributed by atoms with E-state index in [1.807, 2.05) is 15.4 Å².